The smallest absolute Gasteiger partial charge is 0.194 e. The van der Waals surface area contributed by atoms with Crippen molar-refractivity contribution in [3.63, 3.8) is 0 Å². The molecule has 3 rings (SSSR count). The lowest BCUT2D eigenvalue weighted by atomic mass is 10.0. The molecule has 1 saturated heterocycles. The van der Waals surface area contributed by atoms with Crippen LogP contribution in [0.5, 0.6) is 0 Å². The van der Waals surface area contributed by atoms with Gasteiger partial charge in [0.1, 0.15) is 6.10 Å². The molecule has 2 aromatic rings. The van der Waals surface area contributed by atoms with Crippen LogP contribution in [0.3, 0.4) is 0 Å². The number of carbonyl (C=O) groups is 1. The molecule has 0 bridgehead atoms. The Hall–Kier alpha value is -2.01. The van der Waals surface area contributed by atoms with Gasteiger partial charge in [-0.2, -0.15) is 0 Å². The van der Waals surface area contributed by atoms with E-state index in [9.17, 15) is 4.79 Å². The Kier molecular flexibility index (Phi) is 5.63. The van der Waals surface area contributed by atoms with Crippen molar-refractivity contribution in [1.82, 2.24) is 0 Å². The van der Waals surface area contributed by atoms with Crippen LogP contribution in [0.4, 0.5) is 0 Å². The van der Waals surface area contributed by atoms with Gasteiger partial charge in [-0.15, -0.1) is 0 Å². The van der Waals surface area contributed by atoms with Gasteiger partial charge < -0.3 is 14.2 Å². The van der Waals surface area contributed by atoms with Gasteiger partial charge in [-0.05, 0) is 19.4 Å². The van der Waals surface area contributed by atoms with Crippen molar-refractivity contribution in [2.75, 3.05) is 6.61 Å². The van der Waals surface area contributed by atoms with Gasteiger partial charge in [-0.25, -0.2) is 0 Å². The summed E-state index contributed by atoms with van der Waals surface area (Å²) in [4.78, 5) is 12.8. The molecule has 0 aliphatic carbocycles. The van der Waals surface area contributed by atoms with Crippen LogP contribution in [0.1, 0.15) is 36.2 Å². The van der Waals surface area contributed by atoms with Crippen molar-refractivity contribution in [3.05, 3.63) is 71.8 Å². The molecule has 0 aromatic heterocycles. The number of hydrogen-bond donors (Lipinski definition) is 0. The molecule has 2 aromatic carbocycles. The first-order valence-corrected chi connectivity index (χ1v) is 8.62. The molecule has 25 heavy (non-hydrogen) atoms. The summed E-state index contributed by atoms with van der Waals surface area (Å²) < 4.78 is 17.5. The molecule has 1 heterocycles. The average molecular weight is 340 g/mol. The molecule has 0 N–H and O–H groups in total. The summed E-state index contributed by atoms with van der Waals surface area (Å²) in [5.41, 5.74) is 1.77. The highest BCUT2D eigenvalue weighted by molar-refractivity contribution is 6.00. The summed E-state index contributed by atoms with van der Waals surface area (Å²) in [5, 5.41) is 0. The summed E-state index contributed by atoms with van der Waals surface area (Å²) in [7, 11) is 0. The quantitative estimate of drug-likeness (QED) is 0.564. The lowest BCUT2D eigenvalue weighted by Gasteiger charge is -2.16. The van der Waals surface area contributed by atoms with E-state index in [1.54, 1.807) is 12.1 Å². The molecule has 4 nitrogen and oxygen atoms in total. The number of rotatable bonds is 7. The van der Waals surface area contributed by atoms with Crippen molar-refractivity contribution in [2.24, 2.45) is 0 Å². The Morgan fingerprint density at radius 3 is 2.32 bits per heavy atom. The molecule has 0 amide bonds. The van der Waals surface area contributed by atoms with Crippen LogP contribution in [-0.2, 0) is 20.8 Å². The van der Waals surface area contributed by atoms with Crippen molar-refractivity contribution >= 4 is 5.78 Å². The number of Topliss-reactive ketones (excluding diaryl/α,β-unsaturated/α-hetero) is 1. The van der Waals surface area contributed by atoms with Gasteiger partial charge >= 0.3 is 0 Å². The summed E-state index contributed by atoms with van der Waals surface area (Å²) in [6, 6.07) is 19.2. The number of hydrogen-bond acceptors (Lipinski definition) is 4. The molecular weight excluding hydrogens is 316 g/mol. The highest BCUT2D eigenvalue weighted by atomic mass is 16.8. The zero-order valence-corrected chi connectivity index (χ0v) is 14.7. The molecular formula is C21H24O4. The first-order chi connectivity index (χ1) is 12.1. The van der Waals surface area contributed by atoms with Gasteiger partial charge in [-0.3, -0.25) is 4.79 Å². The minimum Gasteiger partial charge on any atom is -0.377 e. The van der Waals surface area contributed by atoms with Crippen LogP contribution >= 0.6 is 0 Å². The van der Waals surface area contributed by atoms with E-state index in [4.69, 9.17) is 14.2 Å². The van der Waals surface area contributed by atoms with Crippen molar-refractivity contribution < 1.29 is 19.0 Å². The van der Waals surface area contributed by atoms with Gasteiger partial charge in [0.25, 0.3) is 0 Å². The van der Waals surface area contributed by atoms with Gasteiger partial charge in [-0.1, -0.05) is 60.7 Å². The van der Waals surface area contributed by atoms with E-state index in [0.717, 1.165) is 5.56 Å². The van der Waals surface area contributed by atoms with Crippen LogP contribution in [0, 0.1) is 0 Å². The predicted octanol–water partition coefficient (Wildman–Crippen LogP) is 4.00. The zero-order chi connectivity index (χ0) is 17.7. The molecule has 0 spiro atoms. The van der Waals surface area contributed by atoms with Crippen LogP contribution in [-0.4, -0.2) is 30.4 Å². The molecule has 0 unspecified atom stereocenters. The molecule has 4 heteroatoms. The third-order valence-electron chi connectivity index (χ3n) is 4.16. The Labute approximate surface area is 148 Å². The maximum absolute atomic E-state index is 12.8. The SMILES string of the molecule is CC1(C)O[C@@H](CCOCc2ccccc2)[C@@H](C(=O)c2ccccc2)O1. The second-order valence-corrected chi connectivity index (χ2v) is 6.65. The standard InChI is InChI=1S/C21H24O4/c1-21(2)24-18(13-14-23-15-16-9-5-3-6-10-16)20(25-21)19(22)17-11-7-4-8-12-17/h3-12,18,20H,13-15H2,1-2H3/t18-,20-/m0/s1. The van der Waals surface area contributed by atoms with E-state index < -0.39 is 11.9 Å². The second-order valence-electron chi connectivity index (χ2n) is 6.65. The topological polar surface area (TPSA) is 44.8 Å². The fourth-order valence-electron chi connectivity index (χ4n) is 3.00. The monoisotopic (exact) mass is 340 g/mol. The van der Waals surface area contributed by atoms with Crippen LogP contribution in [0.15, 0.2) is 60.7 Å². The molecule has 1 fully saturated rings. The van der Waals surface area contributed by atoms with Gasteiger partial charge in [0, 0.05) is 18.6 Å². The minimum atomic E-state index is -0.765. The summed E-state index contributed by atoms with van der Waals surface area (Å²) in [5.74, 6) is -0.807. The predicted molar refractivity (Wildman–Crippen MR) is 95.3 cm³/mol. The van der Waals surface area contributed by atoms with Crippen LogP contribution in [0.2, 0.25) is 0 Å². The molecule has 1 aliphatic rings. The largest absolute Gasteiger partial charge is 0.377 e. The lowest BCUT2D eigenvalue weighted by molar-refractivity contribution is -0.144. The first kappa shape index (κ1) is 17.8. The summed E-state index contributed by atoms with van der Waals surface area (Å²) >= 11 is 0. The Morgan fingerprint density at radius 1 is 1.00 bits per heavy atom. The fourth-order valence-corrected chi connectivity index (χ4v) is 3.00. The lowest BCUT2D eigenvalue weighted by Crippen LogP contribution is -2.32. The minimum absolute atomic E-state index is 0.0424. The Balaban J connectivity index is 1.57. The maximum Gasteiger partial charge on any atom is 0.194 e. The van der Waals surface area contributed by atoms with Gasteiger partial charge in [0.2, 0.25) is 0 Å². The third kappa shape index (κ3) is 4.75. The maximum atomic E-state index is 12.8. The number of benzene rings is 2. The van der Waals surface area contributed by atoms with Crippen LogP contribution < -0.4 is 0 Å². The van der Waals surface area contributed by atoms with Gasteiger partial charge in [0.15, 0.2) is 11.6 Å². The van der Waals surface area contributed by atoms with E-state index >= 15 is 0 Å². The second kappa shape index (κ2) is 7.91. The summed E-state index contributed by atoms with van der Waals surface area (Å²) in [6.45, 7) is 4.73. The zero-order valence-electron chi connectivity index (χ0n) is 14.7. The van der Waals surface area contributed by atoms with E-state index in [-0.39, 0.29) is 11.9 Å². The molecule has 1 aliphatic heterocycles. The van der Waals surface area contributed by atoms with Crippen molar-refractivity contribution in [1.29, 1.82) is 0 Å². The number of ketones is 1. The number of ether oxygens (including phenoxy) is 3. The fraction of sp³-hybridized carbons (Fsp3) is 0.381. The summed E-state index contributed by atoms with van der Waals surface area (Å²) in [6.07, 6.45) is -0.296. The van der Waals surface area contributed by atoms with Crippen LogP contribution in [0.25, 0.3) is 0 Å². The van der Waals surface area contributed by atoms with Gasteiger partial charge in [0.05, 0.1) is 12.7 Å². The van der Waals surface area contributed by atoms with E-state index in [1.165, 1.54) is 0 Å². The molecule has 2 atom stereocenters. The normalized spacial score (nSPS) is 22.0. The molecule has 0 radical (unpaired) electrons. The average Bonchev–Trinajstić information content (AvgIpc) is 2.94. The number of carbonyl (C=O) groups excluding carboxylic acids is 1. The van der Waals surface area contributed by atoms with E-state index in [1.807, 2.05) is 62.4 Å². The third-order valence-corrected chi connectivity index (χ3v) is 4.16. The first-order valence-electron chi connectivity index (χ1n) is 8.62. The molecule has 132 valence electrons. The van der Waals surface area contributed by atoms with E-state index in [0.29, 0.717) is 25.2 Å². The Morgan fingerprint density at radius 2 is 1.64 bits per heavy atom. The van der Waals surface area contributed by atoms with Crippen molar-refractivity contribution in [2.45, 2.75) is 44.9 Å². The molecule has 0 saturated carbocycles. The van der Waals surface area contributed by atoms with E-state index in [2.05, 4.69) is 0 Å². The highest BCUT2D eigenvalue weighted by Gasteiger charge is 2.44. The van der Waals surface area contributed by atoms with Crippen molar-refractivity contribution in [3.8, 4) is 0 Å². The Bertz CT molecular complexity index is 682. The highest BCUT2D eigenvalue weighted by Crippen LogP contribution is 2.31.